The quantitative estimate of drug-likeness (QED) is 0.194. The van der Waals surface area contributed by atoms with E-state index < -0.39 is 52.0 Å². The molecule has 12 heteroatoms. The van der Waals surface area contributed by atoms with Gasteiger partial charge in [-0.25, -0.2) is 0 Å². The Morgan fingerprint density at radius 2 is 1.97 bits per heavy atom. The second kappa shape index (κ2) is 9.18. The van der Waals surface area contributed by atoms with Crippen molar-refractivity contribution in [2.24, 2.45) is 0 Å². The van der Waals surface area contributed by atoms with Gasteiger partial charge in [0.05, 0.1) is 13.2 Å². The van der Waals surface area contributed by atoms with Gasteiger partial charge in [-0.05, 0) is 20.3 Å². The van der Waals surface area contributed by atoms with Crippen LogP contribution in [0.25, 0.3) is 0 Å². The van der Waals surface area contributed by atoms with Crippen LogP contribution in [0.2, 0.25) is 0 Å². The molecule has 0 spiro atoms. The van der Waals surface area contributed by atoms with E-state index in [1.165, 1.54) is 7.11 Å². The molecule has 0 unspecified atom stereocenters. The van der Waals surface area contributed by atoms with Crippen LogP contribution < -0.4 is 0 Å². The molecule has 8 nitrogen and oxygen atoms in total. The van der Waals surface area contributed by atoms with Crippen LogP contribution in [0.5, 0.6) is 0 Å². The van der Waals surface area contributed by atoms with Crippen LogP contribution in [-0.2, 0) is 38.0 Å². The Hall–Kier alpha value is -1.39. The van der Waals surface area contributed by atoms with Crippen molar-refractivity contribution < 1.29 is 49.5 Å². The minimum atomic E-state index is -5.83. The van der Waals surface area contributed by atoms with E-state index in [4.69, 9.17) is 14.2 Å². The first kappa shape index (κ1) is 23.9. The number of methoxy groups -OCH3 is 1. The van der Waals surface area contributed by atoms with E-state index >= 15 is 0 Å². The molecule has 2 aliphatic rings. The van der Waals surface area contributed by atoms with E-state index in [1.54, 1.807) is 13.8 Å². The van der Waals surface area contributed by atoms with Crippen LogP contribution in [-0.4, -0.2) is 57.4 Å². The Morgan fingerprint density at radius 3 is 2.55 bits per heavy atom. The van der Waals surface area contributed by atoms with Crippen molar-refractivity contribution in [1.82, 2.24) is 0 Å². The van der Waals surface area contributed by atoms with E-state index in [0.29, 0.717) is 6.42 Å². The summed E-state index contributed by atoms with van der Waals surface area (Å²) >= 11 is 0. The highest BCUT2D eigenvalue weighted by Gasteiger charge is 2.53. The maximum atomic E-state index is 12.7. The minimum Gasteiger partial charge on any atom is -0.469 e. The highest BCUT2D eigenvalue weighted by molar-refractivity contribution is 7.87. The van der Waals surface area contributed by atoms with Gasteiger partial charge < -0.3 is 18.9 Å². The van der Waals surface area contributed by atoms with Crippen LogP contribution in [0.1, 0.15) is 46.0 Å². The largest absolute Gasteiger partial charge is 0.523 e. The zero-order chi connectivity index (χ0) is 21.9. The first-order valence-corrected chi connectivity index (χ1v) is 10.3. The fraction of sp³-hybridized carbons (Fsp3) is 0.824. The summed E-state index contributed by atoms with van der Waals surface area (Å²) in [7, 11) is -4.58. The molecule has 0 aromatic rings. The zero-order valence-electron chi connectivity index (χ0n) is 16.2. The van der Waals surface area contributed by atoms with Crippen molar-refractivity contribution in [2.75, 3.05) is 7.11 Å². The van der Waals surface area contributed by atoms with Gasteiger partial charge >= 0.3 is 21.6 Å². The third-order valence-electron chi connectivity index (χ3n) is 4.20. The molecule has 0 aliphatic carbocycles. The highest BCUT2D eigenvalue weighted by Crippen LogP contribution is 2.39. The lowest BCUT2D eigenvalue weighted by Gasteiger charge is -2.25. The Balaban J connectivity index is 2.01. The smallest absolute Gasteiger partial charge is 0.469 e. The monoisotopic (exact) mass is 444 g/mol. The lowest BCUT2D eigenvalue weighted by molar-refractivity contribution is -0.212. The number of alkyl halides is 3. The lowest BCUT2D eigenvalue weighted by atomic mass is 10.1. The first-order chi connectivity index (χ1) is 13.3. The summed E-state index contributed by atoms with van der Waals surface area (Å²) in [6, 6.07) is 0. The molecule has 29 heavy (non-hydrogen) atoms. The number of carbonyl (C=O) groups excluding carboxylic acids is 1. The predicted octanol–water partition coefficient (Wildman–Crippen LogP) is 2.22. The predicted molar refractivity (Wildman–Crippen MR) is 91.4 cm³/mol. The number of fused-ring (bicyclic) bond motifs is 1. The van der Waals surface area contributed by atoms with Crippen LogP contribution in [0.15, 0.2) is 0 Å². The maximum Gasteiger partial charge on any atom is 0.523 e. The van der Waals surface area contributed by atoms with Crippen molar-refractivity contribution in [3.8, 4) is 11.8 Å². The average molecular weight is 444 g/mol. The first-order valence-electron chi connectivity index (χ1n) is 8.88. The van der Waals surface area contributed by atoms with Gasteiger partial charge in [-0.15, -0.1) is 11.8 Å². The summed E-state index contributed by atoms with van der Waals surface area (Å²) < 4.78 is 86.6. The summed E-state index contributed by atoms with van der Waals surface area (Å²) in [5.74, 6) is 3.95. The molecule has 0 aromatic carbocycles. The SMILES string of the molecule is COC(=O)CCCC#CC[C@H](OS(=O)(=O)C(F)(F)F)[C@@H]1C[C@H]2OC(C)(C)O[C@H]2O1. The van der Waals surface area contributed by atoms with Crippen molar-refractivity contribution in [3.63, 3.8) is 0 Å². The topological polar surface area (TPSA) is 97.4 Å². The van der Waals surface area contributed by atoms with Crippen LogP contribution in [0.4, 0.5) is 13.2 Å². The van der Waals surface area contributed by atoms with Gasteiger partial charge in [-0.2, -0.15) is 21.6 Å². The molecule has 0 N–H and O–H groups in total. The lowest BCUT2D eigenvalue weighted by Crippen LogP contribution is -2.37. The maximum absolute atomic E-state index is 12.7. The third kappa shape index (κ3) is 6.55. The average Bonchev–Trinajstić information content (AvgIpc) is 3.08. The van der Waals surface area contributed by atoms with Crippen LogP contribution in [0.3, 0.4) is 0 Å². The Kier molecular flexibility index (Phi) is 7.56. The molecule has 166 valence electrons. The zero-order valence-corrected chi connectivity index (χ0v) is 17.0. The number of esters is 1. The van der Waals surface area contributed by atoms with Crippen molar-refractivity contribution in [2.45, 2.75) is 81.8 Å². The number of carbonyl (C=O) groups is 1. The molecular formula is C17H23F3O8S. The van der Waals surface area contributed by atoms with Gasteiger partial charge in [0.15, 0.2) is 12.1 Å². The van der Waals surface area contributed by atoms with Gasteiger partial charge in [0.1, 0.15) is 12.2 Å². The van der Waals surface area contributed by atoms with Gasteiger partial charge in [-0.1, -0.05) is 0 Å². The molecule has 0 radical (unpaired) electrons. The normalized spacial score (nSPS) is 27.0. The van der Waals surface area contributed by atoms with Crippen LogP contribution in [0, 0.1) is 11.8 Å². The number of hydrogen-bond acceptors (Lipinski definition) is 8. The number of ether oxygens (including phenoxy) is 4. The molecule has 0 aromatic heterocycles. The fourth-order valence-electron chi connectivity index (χ4n) is 2.90. The fourth-order valence-corrected chi connectivity index (χ4v) is 3.53. The minimum absolute atomic E-state index is 0.0934. The Labute approximate surface area is 167 Å². The number of hydrogen-bond donors (Lipinski definition) is 0. The van der Waals surface area contributed by atoms with E-state index in [2.05, 4.69) is 20.8 Å². The van der Waals surface area contributed by atoms with Gasteiger partial charge in [-0.3, -0.25) is 8.98 Å². The third-order valence-corrected chi connectivity index (χ3v) is 5.27. The molecule has 2 saturated heterocycles. The summed E-state index contributed by atoms with van der Waals surface area (Å²) in [5.41, 5.74) is -5.57. The van der Waals surface area contributed by atoms with E-state index in [-0.39, 0.29) is 25.7 Å². The summed E-state index contributed by atoms with van der Waals surface area (Å²) in [6.07, 6.45) is -3.29. The number of rotatable bonds is 7. The van der Waals surface area contributed by atoms with Crippen molar-refractivity contribution in [3.05, 3.63) is 0 Å². The summed E-state index contributed by atoms with van der Waals surface area (Å²) in [6.45, 7) is 3.32. The van der Waals surface area contributed by atoms with E-state index in [9.17, 15) is 26.4 Å². The molecule has 2 aliphatic heterocycles. The molecule has 0 saturated carbocycles. The van der Waals surface area contributed by atoms with Gasteiger partial charge in [0, 0.05) is 25.7 Å². The molecule has 2 rings (SSSR count). The number of unbranched alkanes of at least 4 members (excludes halogenated alkanes) is 1. The van der Waals surface area contributed by atoms with Gasteiger partial charge in [0.2, 0.25) is 0 Å². The summed E-state index contributed by atoms with van der Waals surface area (Å²) in [5, 5.41) is 0. The van der Waals surface area contributed by atoms with Crippen LogP contribution >= 0.6 is 0 Å². The van der Waals surface area contributed by atoms with E-state index in [1.807, 2.05) is 0 Å². The second-order valence-electron chi connectivity index (χ2n) is 6.97. The van der Waals surface area contributed by atoms with E-state index in [0.717, 1.165) is 0 Å². The highest BCUT2D eigenvalue weighted by atomic mass is 32.2. The number of halogens is 3. The molecule has 2 heterocycles. The molecule has 2 fully saturated rings. The molecule has 0 bridgehead atoms. The molecule has 0 amide bonds. The molecular weight excluding hydrogens is 421 g/mol. The molecule has 4 atom stereocenters. The van der Waals surface area contributed by atoms with Crippen molar-refractivity contribution >= 4 is 16.1 Å². The summed E-state index contributed by atoms with van der Waals surface area (Å²) in [4.78, 5) is 11.0. The van der Waals surface area contributed by atoms with Crippen molar-refractivity contribution in [1.29, 1.82) is 0 Å². The standard InChI is InChI=1S/C17H23F3O8S/c1-16(2)26-13-10-12(25-15(13)27-16)11(28-29(22,23)17(18,19)20)8-6-4-5-7-9-14(21)24-3/h11-13,15H,5,7-10H2,1-3H3/t11-,12-,13+,15+/m0/s1. The second-order valence-corrected chi connectivity index (χ2v) is 8.54. The Morgan fingerprint density at radius 1 is 1.28 bits per heavy atom. The van der Waals surface area contributed by atoms with Gasteiger partial charge in [0.25, 0.3) is 0 Å². The Bertz CT molecular complexity index is 737.